The molecule has 0 aliphatic carbocycles. The lowest BCUT2D eigenvalue weighted by atomic mass is 10.0. The van der Waals surface area contributed by atoms with Gasteiger partial charge in [-0.25, -0.2) is 4.79 Å². The van der Waals surface area contributed by atoms with E-state index in [1.807, 2.05) is 0 Å². The lowest BCUT2D eigenvalue weighted by Crippen LogP contribution is -2.09. The highest BCUT2D eigenvalue weighted by molar-refractivity contribution is 6.54. The molecule has 1 aromatic rings. The SMILES string of the molecule is COc1ccc(C2=C(C)OC(=O)C2=O)cc1. The Bertz CT molecular complexity index is 482. The molecule has 16 heavy (non-hydrogen) atoms. The second-order valence-corrected chi connectivity index (χ2v) is 3.38. The summed E-state index contributed by atoms with van der Waals surface area (Å²) >= 11 is 0. The molecule has 0 unspecified atom stereocenters. The zero-order valence-electron chi connectivity index (χ0n) is 8.94. The number of hydrogen-bond donors (Lipinski definition) is 0. The summed E-state index contributed by atoms with van der Waals surface area (Å²) in [5.41, 5.74) is 0.988. The summed E-state index contributed by atoms with van der Waals surface area (Å²) < 4.78 is 9.76. The van der Waals surface area contributed by atoms with Crippen molar-refractivity contribution in [1.29, 1.82) is 0 Å². The number of allylic oxidation sites excluding steroid dienone is 1. The number of carbonyl (C=O) groups is 2. The number of esters is 1. The minimum Gasteiger partial charge on any atom is -0.497 e. The third-order valence-electron chi connectivity index (χ3n) is 2.39. The number of ether oxygens (including phenoxy) is 2. The van der Waals surface area contributed by atoms with Gasteiger partial charge in [-0.1, -0.05) is 12.1 Å². The van der Waals surface area contributed by atoms with Crippen LogP contribution in [0.4, 0.5) is 0 Å². The molecule has 82 valence electrons. The number of methoxy groups -OCH3 is 1. The van der Waals surface area contributed by atoms with Crippen LogP contribution in [-0.4, -0.2) is 18.9 Å². The average Bonchev–Trinajstić information content (AvgIpc) is 2.54. The molecule has 2 rings (SSSR count). The van der Waals surface area contributed by atoms with Crippen LogP contribution in [0.1, 0.15) is 12.5 Å². The van der Waals surface area contributed by atoms with Crippen molar-refractivity contribution in [3.05, 3.63) is 35.6 Å². The molecule has 1 heterocycles. The first kappa shape index (κ1) is 10.4. The van der Waals surface area contributed by atoms with E-state index in [0.717, 1.165) is 0 Å². The number of benzene rings is 1. The number of Topliss-reactive ketones (excluding diaryl/α,β-unsaturated/α-hetero) is 1. The maximum absolute atomic E-state index is 11.5. The Morgan fingerprint density at radius 2 is 1.75 bits per heavy atom. The summed E-state index contributed by atoms with van der Waals surface area (Å²) in [7, 11) is 1.56. The lowest BCUT2D eigenvalue weighted by Gasteiger charge is -2.02. The maximum atomic E-state index is 11.5. The Hall–Kier alpha value is -2.10. The monoisotopic (exact) mass is 218 g/mol. The Morgan fingerprint density at radius 1 is 1.12 bits per heavy atom. The van der Waals surface area contributed by atoms with Crippen LogP contribution in [0.25, 0.3) is 5.57 Å². The average molecular weight is 218 g/mol. The van der Waals surface area contributed by atoms with E-state index >= 15 is 0 Å². The molecule has 4 heteroatoms. The van der Waals surface area contributed by atoms with Gasteiger partial charge in [0.2, 0.25) is 0 Å². The highest BCUT2D eigenvalue weighted by atomic mass is 16.5. The summed E-state index contributed by atoms with van der Waals surface area (Å²) in [5.74, 6) is -0.370. The first-order valence-electron chi connectivity index (χ1n) is 4.75. The van der Waals surface area contributed by atoms with E-state index in [1.165, 1.54) is 0 Å². The van der Waals surface area contributed by atoms with Gasteiger partial charge < -0.3 is 9.47 Å². The van der Waals surface area contributed by atoms with Gasteiger partial charge in [-0.05, 0) is 24.6 Å². The van der Waals surface area contributed by atoms with Crippen molar-refractivity contribution in [3.8, 4) is 5.75 Å². The number of ketones is 1. The van der Waals surface area contributed by atoms with Crippen LogP contribution in [-0.2, 0) is 14.3 Å². The van der Waals surface area contributed by atoms with Crippen LogP contribution >= 0.6 is 0 Å². The van der Waals surface area contributed by atoms with Gasteiger partial charge in [-0.3, -0.25) is 4.79 Å². The standard InChI is InChI=1S/C12H10O4/c1-7-10(11(13)12(14)16-7)8-3-5-9(15-2)6-4-8/h3-6H,1-2H3. The molecule has 0 fully saturated rings. The highest BCUT2D eigenvalue weighted by Gasteiger charge is 2.32. The molecular formula is C12H10O4. The molecular weight excluding hydrogens is 208 g/mol. The molecule has 0 saturated heterocycles. The molecule has 0 amide bonds. The molecule has 4 nitrogen and oxygen atoms in total. The van der Waals surface area contributed by atoms with Crippen molar-refractivity contribution in [2.75, 3.05) is 7.11 Å². The molecule has 0 aromatic heterocycles. The number of carbonyl (C=O) groups excluding carboxylic acids is 2. The minimum atomic E-state index is -0.816. The number of rotatable bonds is 2. The molecule has 1 aliphatic rings. The third kappa shape index (κ3) is 1.58. The topological polar surface area (TPSA) is 52.6 Å². The Labute approximate surface area is 92.5 Å². The van der Waals surface area contributed by atoms with Gasteiger partial charge in [0, 0.05) is 0 Å². The molecule has 0 atom stereocenters. The van der Waals surface area contributed by atoms with Gasteiger partial charge in [-0.2, -0.15) is 0 Å². The van der Waals surface area contributed by atoms with Crippen molar-refractivity contribution in [2.45, 2.75) is 6.92 Å². The lowest BCUT2D eigenvalue weighted by molar-refractivity contribution is -0.145. The van der Waals surface area contributed by atoms with Gasteiger partial charge in [0.05, 0.1) is 12.7 Å². The van der Waals surface area contributed by atoms with Gasteiger partial charge in [0.25, 0.3) is 5.78 Å². The fraction of sp³-hybridized carbons (Fsp3) is 0.167. The van der Waals surface area contributed by atoms with E-state index < -0.39 is 11.8 Å². The number of hydrogen-bond acceptors (Lipinski definition) is 4. The van der Waals surface area contributed by atoms with E-state index in [0.29, 0.717) is 22.6 Å². The third-order valence-corrected chi connectivity index (χ3v) is 2.39. The second kappa shape index (κ2) is 3.81. The largest absolute Gasteiger partial charge is 0.497 e. The molecule has 0 radical (unpaired) electrons. The molecule has 0 spiro atoms. The van der Waals surface area contributed by atoms with Crippen LogP contribution in [0, 0.1) is 0 Å². The quantitative estimate of drug-likeness (QED) is 0.558. The van der Waals surface area contributed by atoms with E-state index in [-0.39, 0.29) is 0 Å². The molecule has 0 N–H and O–H groups in total. The van der Waals surface area contributed by atoms with E-state index in [9.17, 15) is 9.59 Å². The molecule has 1 aliphatic heterocycles. The highest BCUT2D eigenvalue weighted by Crippen LogP contribution is 2.27. The van der Waals surface area contributed by atoms with Crippen LogP contribution in [0.15, 0.2) is 30.0 Å². The fourth-order valence-electron chi connectivity index (χ4n) is 1.59. The smallest absolute Gasteiger partial charge is 0.384 e. The summed E-state index contributed by atoms with van der Waals surface area (Å²) in [4.78, 5) is 22.6. The van der Waals surface area contributed by atoms with Crippen LogP contribution in [0.5, 0.6) is 5.75 Å². The number of cyclic esters (lactones) is 1. The van der Waals surface area contributed by atoms with Gasteiger partial charge in [0.1, 0.15) is 11.5 Å². The normalized spacial score (nSPS) is 15.4. The fourth-order valence-corrected chi connectivity index (χ4v) is 1.59. The van der Waals surface area contributed by atoms with Crippen molar-refractivity contribution in [2.24, 2.45) is 0 Å². The summed E-state index contributed by atoms with van der Waals surface area (Å²) in [6, 6.07) is 6.90. The van der Waals surface area contributed by atoms with E-state index in [2.05, 4.69) is 0 Å². The zero-order valence-corrected chi connectivity index (χ0v) is 8.94. The molecule has 0 saturated carbocycles. The second-order valence-electron chi connectivity index (χ2n) is 3.38. The van der Waals surface area contributed by atoms with Crippen LogP contribution in [0.2, 0.25) is 0 Å². The van der Waals surface area contributed by atoms with E-state index in [4.69, 9.17) is 9.47 Å². The van der Waals surface area contributed by atoms with Crippen molar-refractivity contribution < 1.29 is 19.1 Å². The first-order chi connectivity index (χ1) is 7.63. The van der Waals surface area contributed by atoms with Crippen molar-refractivity contribution >= 4 is 17.3 Å². The van der Waals surface area contributed by atoms with Crippen LogP contribution in [0.3, 0.4) is 0 Å². The van der Waals surface area contributed by atoms with Gasteiger partial charge in [-0.15, -0.1) is 0 Å². The van der Waals surface area contributed by atoms with Gasteiger partial charge >= 0.3 is 5.97 Å². The van der Waals surface area contributed by atoms with Gasteiger partial charge in [0.15, 0.2) is 0 Å². The summed E-state index contributed by atoms with van der Waals surface area (Å²) in [6.07, 6.45) is 0. The Balaban J connectivity index is 2.41. The minimum absolute atomic E-state index is 0.327. The predicted molar refractivity (Wildman–Crippen MR) is 56.7 cm³/mol. The Kier molecular flexibility index (Phi) is 2.48. The molecule has 0 bridgehead atoms. The van der Waals surface area contributed by atoms with Crippen molar-refractivity contribution in [1.82, 2.24) is 0 Å². The maximum Gasteiger partial charge on any atom is 0.384 e. The summed E-state index contributed by atoms with van der Waals surface area (Å²) in [5, 5.41) is 0. The molecule has 1 aromatic carbocycles. The van der Waals surface area contributed by atoms with Crippen molar-refractivity contribution in [3.63, 3.8) is 0 Å². The Morgan fingerprint density at radius 3 is 2.19 bits per heavy atom. The predicted octanol–water partition coefficient (Wildman–Crippen LogP) is 1.55. The first-order valence-corrected chi connectivity index (χ1v) is 4.75. The van der Waals surface area contributed by atoms with Crippen LogP contribution < -0.4 is 4.74 Å². The summed E-state index contributed by atoms with van der Waals surface area (Å²) in [6.45, 7) is 1.60. The zero-order chi connectivity index (χ0) is 11.7. The van der Waals surface area contributed by atoms with E-state index in [1.54, 1.807) is 38.3 Å².